The van der Waals surface area contributed by atoms with E-state index in [9.17, 15) is 0 Å². The molecule has 1 aromatic rings. The maximum absolute atomic E-state index is 5.66. The summed E-state index contributed by atoms with van der Waals surface area (Å²) in [5.41, 5.74) is 6.82. The minimum atomic E-state index is 0.592. The van der Waals surface area contributed by atoms with Gasteiger partial charge in [0.25, 0.3) is 0 Å². The molecule has 88 valence electrons. The molecular formula is C13H21N3. The predicted molar refractivity (Wildman–Crippen MR) is 67.3 cm³/mol. The molecule has 1 aliphatic heterocycles. The van der Waals surface area contributed by atoms with Gasteiger partial charge in [0.15, 0.2) is 0 Å². The highest BCUT2D eigenvalue weighted by Crippen LogP contribution is 2.25. The topological polar surface area (TPSA) is 42.1 Å². The number of hydrogen-bond donors (Lipinski definition) is 1. The van der Waals surface area contributed by atoms with Gasteiger partial charge in [0.05, 0.1) is 0 Å². The normalized spacial score (nSPS) is 25.8. The van der Waals surface area contributed by atoms with Crippen molar-refractivity contribution in [1.82, 2.24) is 4.98 Å². The molecule has 3 nitrogen and oxygen atoms in total. The van der Waals surface area contributed by atoms with Crippen LogP contribution >= 0.6 is 0 Å². The Hall–Kier alpha value is -1.09. The van der Waals surface area contributed by atoms with Crippen LogP contribution in [0.1, 0.15) is 25.8 Å². The number of pyridine rings is 1. The van der Waals surface area contributed by atoms with E-state index in [1.807, 2.05) is 12.3 Å². The van der Waals surface area contributed by atoms with Gasteiger partial charge < -0.3 is 10.6 Å². The van der Waals surface area contributed by atoms with E-state index in [1.54, 1.807) is 0 Å². The van der Waals surface area contributed by atoms with Crippen molar-refractivity contribution >= 4 is 5.82 Å². The number of anilines is 1. The Morgan fingerprint density at radius 3 is 2.69 bits per heavy atom. The highest BCUT2D eigenvalue weighted by atomic mass is 15.2. The Bertz CT molecular complexity index is 341. The van der Waals surface area contributed by atoms with Gasteiger partial charge in [0, 0.05) is 25.8 Å². The summed E-state index contributed by atoms with van der Waals surface area (Å²) >= 11 is 0. The lowest BCUT2D eigenvalue weighted by Crippen LogP contribution is -2.39. The average molecular weight is 219 g/mol. The molecule has 0 spiro atoms. The van der Waals surface area contributed by atoms with E-state index in [-0.39, 0.29) is 0 Å². The summed E-state index contributed by atoms with van der Waals surface area (Å²) in [4.78, 5) is 6.84. The summed E-state index contributed by atoms with van der Waals surface area (Å²) in [7, 11) is 0. The second-order valence-electron chi connectivity index (χ2n) is 5.08. The SMILES string of the molecule is CC1CC(C)CN(c2cc(CN)ccn2)C1. The maximum atomic E-state index is 5.66. The monoisotopic (exact) mass is 219 g/mol. The molecule has 2 rings (SSSR count). The van der Waals surface area contributed by atoms with Crippen LogP contribution in [0.2, 0.25) is 0 Å². The molecule has 3 heteroatoms. The molecule has 2 unspecified atom stereocenters. The number of piperidine rings is 1. The Kier molecular flexibility index (Phi) is 3.44. The van der Waals surface area contributed by atoms with Gasteiger partial charge in [-0.25, -0.2) is 4.98 Å². The van der Waals surface area contributed by atoms with Crippen molar-refractivity contribution in [3.05, 3.63) is 23.9 Å². The minimum absolute atomic E-state index is 0.592. The molecule has 1 aromatic heterocycles. The van der Waals surface area contributed by atoms with Crippen LogP contribution in [0.3, 0.4) is 0 Å². The van der Waals surface area contributed by atoms with Crippen LogP contribution in [0.5, 0.6) is 0 Å². The fraction of sp³-hybridized carbons (Fsp3) is 0.615. The Morgan fingerprint density at radius 1 is 1.38 bits per heavy atom. The molecule has 1 aliphatic rings. The van der Waals surface area contributed by atoms with Gasteiger partial charge in [-0.2, -0.15) is 0 Å². The highest BCUT2D eigenvalue weighted by molar-refractivity contribution is 5.41. The van der Waals surface area contributed by atoms with E-state index in [2.05, 4.69) is 29.8 Å². The van der Waals surface area contributed by atoms with Crippen LogP contribution in [0.4, 0.5) is 5.82 Å². The van der Waals surface area contributed by atoms with E-state index in [4.69, 9.17) is 5.73 Å². The molecule has 0 amide bonds. The quantitative estimate of drug-likeness (QED) is 0.827. The predicted octanol–water partition coefficient (Wildman–Crippen LogP) is 2.02. The summed E-state index contributed by atoms with van der Waals surface area (Å²) in [5.74, 6) is 2.60. The van der Waals surface area contributed by atoms with E-state index in [0.29, 0.717) is 6.54 Å². The van der Waals surface area contributed by atoms with Gasteiger partial charge in [-0.3, -0.25) is 0 Å². The smallest absolute Gasteiger partial charge is 0.128 e. The van der Waals surface area contributed by atoms with Gasteiger partial charge in [-0.05, 0) is 36.0 Å². The molecule has 1 saturated heterocycles. The molecule has 2 heterocycles. The number of aromatic nitrogens is 1. The maximum Gasteiger partial charge on any atom is 0.128 e. The second-order valence-corrected chi connectivity index (χ2v) is 5.08. The van der Waals surface area contributed by atoms with Crippen molar-refractivity contribution in [1.29, 1.82) is 0 Å². The molecule has 0 bridgehead atoms. The molecule has 16 heavy (non-hydrogen) atoms. The van der Waals surface area contributed by atoms with Crippen molar-refractivity contribution in [3.8, 4) is 0 Å². The third-order valence-electron chi connectivity index (χ3n) is 3.24. The summed E-state index contributed by atoms with van der Waals surface area (Å²) in [5, 5.41) is 0. The fourth-order valence-corrected chi connectivity index (χ4v) is 2.61. The molecule has 0 saturated carbocycles. The first kappa shape index (κ1) is 11.4. The molecule has 0 aliphatic carbocycles. The van der Waals surface area contributed by atoms with Crippen LogP contribution in [-0.2, 0) is 6.54 Å². The minimum Gasteiger partial charge on any atom is -0.356 e. The summed E-state index contributed by atoms with van der Waals surface area (Å²) in [6.07, 6.45) is 3.19. The first-order chi connectivity index (χ1) is 7.69. The zero-order valence-corrected chi connectivity index (χ0v) is 10.2. The zero-order valence-electron chi connectivity index (χ0n) is 10.2. The lowest BCUT2D eigenvalue weighted by atomic mass is 9.92. The summed E-state index contributed by atoms with van der Waals surface area (Å²) < 4.78 is 0. The lowest BCUT2D eigenvalue weighted by Gasteiger charge is -2.35. The van der Waals surface area contributed by atoms with Crippen LogP contribution in [-0.4, -0.2) is 18.1 Å². The molecule has 0 aromatic carbocycles. The van der Waals surface area contributed by atoms with Crippen LogP contribution in [0.15, 0.2) is 18.3 Å². The van der Waals surface area contributed by atoms with Crippen molar-refractivity contribution < 1.29 is 0 Å². The van der Waals surface area contributed by atoms with E-state index in [0.717, 1.165) is 36.3 Å². The Balaban J connectivity index is 2.16. The fourth-order valence-electron chi connectivity index (χ4n) is 2.61. The first-order valence-electron chi connectivity index (χ1n) is 6.09. The highest BCUT2D eigenvalue weighted by Gasteiger charge is 2.22. The summed E-state index contributed by atoms with van der Waals surface area (Å²) in [6, 6.07) is 4.10. The van der Waals surface area contributed by atoms with Crippen LogP contribution < -0.4 is 10.6 Å². The van der Waals surface area contributed by atoms with Crippen LogP contribution in [0.25, 0.3) is 0 Å². The standard InChI is InChI=1S/C13H21N3/c1-10-5-11(2)9-16(8-10)13-6-12(7-14)3-4-15-13/h3-4,6,10-11H,5,7-9,14H2,1-2H3. The Morgan fingerprint density at radius 2 is 2.06 bits per heavy atom. The second kappa shape index (κ2) is 4.83. The number of hydrogen-bond acceptors (Lipinski definition) is 3. The molecule has 2 atom stereocenters. The van der Waals surface area contributed by atoms with Crippen molar-refractivity contribution in [3.63, 3.8) is 0 Å². The van der Waals surface area contributed by atoms with Crippen molar-refractivity contribution in [2.45, 2.75) is 26.8 Å². The van der Waals surface area contributed by atoms with Gasteiger partial charge in [-0.15, -0.1) is 0 Å². The summed E-state index contributed by atoms with van der Waals surface area (Å²) in [6.45, 7) is 7.45. The molecular weight excluding hydrogens is 198 g/mol. The molecule has 2 N–H and O–H groups in total. The van der Waals surface area contributed by atoms with Crippen molar-refractivity contribution in [2.24, 2.45) is 17.6 Å². The Labute approximate surface area is 97.7 Å². The molecule has 0 radical (unpaired) electrons. The van der Waals surface area contributed by atoms with E-state index < -0.39 is 0 Å². The zero-order chi connectivity index (χ0) is 11.5. The van der Waals surface area contributed by atoms with Crippen LogP contribution in [0, 0.1) is 11.8 Å². The molecule has 1 fully saturated rings. The van der Waals surface area contributed by atoms with Gasteiger partial charge in [0.1, 0.15) is 5.82 Å². The lowest BCUT2D eigenvalue weighted by molar-refractivity contribution is 0.355. The third kappa shape index (κ3) is 2.53. The number of nitrogens with zero attached hydrogens (tertiary/aromatic N) is 2. The first-order valence-corrected chi connectivity index (χ1v) is 6.09. The van der Waals surface area contributed by atoms with Crippen molar-refractivity contribution in [2.75, 3.05) is 18.0 Å². The van der Waals surface area contributed by atoms with E-state index in [1.165, 1.54) is 6.42 Å². The van der Waals surface area contributed by atoms with Gasteiger partial charge in [-0.1, -0.05) is 13.8 Å². The number of rotatable bonds is 2. The van der Waals surface area contributed by atoms with E-state index >= 15 is 0 Å². The third-order valence-corrected chi connectivity index (χ3v) is 3.24. The number of nitrogens with two attached hydrogens (primary N) is 1. The largest absolute Gasteiger partial charge is 0.356 e. The van der Waals surface area contributed by atoms with Gasteiger partial charge >= 0.3 is 0 Å². The van der Waals surface area contributed by atoms with Gasteiger partial charge in [0.2, 0.25) is 0 Å². The average Bonchev–Trinajstić information content (AvgIpc) is 2.28.